The van der Waals surface area contributed by atoms with Crippen LogP contribution in [0.3, 0.4) is 0 Å². The first-order chi connectivity index (χ1) is 15.9. The average molecular weight is 452 g/mol. The third kappa shape index (κ3) is 7.03. The Morgan fingerprint density at radius 1 is 1.00 bits per heavy atom. The standard InChI is InChI=1S/C27H37N3O3/c1-20-11-21(2)13-23(12-20)15-28-27(32)25-14-24(17-29-7-9-33-10-8-29)18-30(19-25)16-22-3-5-26(31)6-4-22/h3-6,11-13,24-25,31H,7-10,14-19H2,1-2H3,(H,28,32)/t24-,25-/m1/s1. The van der Waals surface area contributed by atoms with Crippen LogP contribution in [0.4, 0.5) is 0 Å². The molecule has 2 atom stereocenters. The zero-order chi connectivity index (χ0) is 23.2. The molecule has 6 nitrogen and oxygen atoms in total. The van der Waals surface area contributed by atoms with Crippen molar-refractivity contribution in [1.29, 1.82) is 0 Å². The number of hydrogen-bond acceptors (Lipinski definition) is 5. The molecule has 0 radical (unpaired) electrons. The van der Waals surface area contributed by atoms with Gasteiger partial charge in [-0.15, -0.1) is 0 Å². The topological polar surface area (TPSA) is 65.0 Å². The third-order valence-corrected chi connectivity index (χ3v) is 6.69. The summed E-state index contributed by atoms with van der Waals surface area (Å²) >= 11 is 0. The number of aromatic hydroxyl groups is 1. The summed E-state index contributed by atoms with van der Waals surface area (Å²) in [6, 6.07) is 13.9. The molecule has 2 fully saturated rings. The Morgan fingerprint density at radius 3 is 2.39 bits per heavy atom. The van der Waals surface area contributed by atoms with Crippen molar-refractivity contribution in [3.63, 3.8) is 0 Å². The summed E-state index contributed by atoms with van der Waals surface area (Å²) in [6.45, 7) is 11.8. The smallest absolute Gasteiger partial charge is 0.224 e. The molecule has 2 aliphatic heterocycles. The molecule has 178 valence electrons. The van der Waals surface area contributed by atoms with Crippen LogP contribution >= 0.6 is 0 Å². The molecule has 6 heteroatoms. The van der Waals surface area contributed by atoms with Gasteiger partial charge in [0.15, 0.2) is 0 Å². The number of phenols is 1. The summed E-state index contributed by atoms with van der Waals surface area (Å²) in [6.07, 6.45) is 0.919. The highest BCUT2D eigenvalue weighted by Gasteiger charge is 2.32. The fourth-order valence-electron chi connectivity index (χ4n) is 5.27. The number of morpholine rings is 1. The Morgan fingerprint density at radius 2 is 1.70 bits per heavy atom. The highest BCUT2D eigenvalue weighted by Crippen LogP contribution is 2.25. The maximum atomic E-state index is 13.2. The van der Waals surface area contributed by atoms with Gasteiger partial charge in [0, 0.05) is 45.8 Å². The van der Waals surface area contributed by atoms with Crippen molar-refractivity contribution in [2.45, 2.75) is 33.4 Å². The monoisotopic (exact) mass is 451 g/mol. The lowest BCUT2D eigenvalue weighted by Gasteiger charge is -2.40. The molecular weight excluding hydrogens is 414 g/mol. The molecule has 0 unspecified atom stereocenters. The molecule has 0 aromatic heterocycles. The van der Waals surface area contributed by atoms with Crippen LogP contribution in [0.25, 0.3) is 0 Å². The number of rotatable bonds is 7. The molecule has 2 heterocycles. The number of ether oxygens (including phenoxy) is 1. The van der Waals surface area contributed by atoms with E-state index in [0.29, 0.717) is 12.5 Å². The van der Waals surface area contributed by atoms with Crippen LogP contribution in [0.15, 0.2) is 42.5 Å². The number of carbonyl (C=O) groups excluding carboxylic acids is 1. The van der Waals surface area contributed by atoms with Crippen LogP contribution in [-0.4, -0.2) is 66.8 Å². The molecule has 2 saturated heterocycles. The maximum absolute atomic E-state index is 13.2. The number of amides is 1. The third-order valence-electron chi connectivity index (χ3n) is 6.69. The van der Waals surface area contributed by atoms with Gasteiger partial charge >= 0.3 is 0 Å². The molecule has 4 rings (SSSR count). The van der Waals surface area contributed by atoms with Gasteiger partial charge in [-0.1, -0.05) is 41.5 Å². The molecule has 2 N–H and O–H groups in total. The number of hydrogen-bond donors (Lipinski definition) is 2. The summed E-state index contributed by atoms with van der Waals surface area (Å²) in [7, 11) is 0. The molecular formula is C27H37N3O3. The highest BCUT2D eigenvalue weighted by atomic mass is 16.5. The first-order valence-corrected chi connectivity index (χ1v) is 12.1. The van der Waals surface area contributed by atoms with Crippen molar-refractivity contribution in [2.24, 2.45) is 11.8 Å². The van der Waals surface area contributed by atoms with Crippen molar-refractivity contribution >= 4 is 5.91 Å². The minimum Gasteiger partial charge on any atom is -0.508 e. The molecule has 33 heavy (non-hydrogen) atoms. The van der Waals surface area contributed by atoms with Gasteiger partial charge in [0.2, 0.25) is 5.91 Å². The van der Waals surface area contributed by atoms with Crippen LogP contribution < -0.4 is 5.32 Å². The Labute approximate surface area is 197 Å². The molecule has 2 aliphatic rings. The molecule has 0 aliphatic carbocycles. The van der Waals surface area contributed by atoms with Gasteiger partial charge in [0.05, 0.1) is 19.1 Å². The number of nitrogens with one attached hydrogen (secondary N) is 1. The van der Waals surface area contributed by atoms with Gasteiger partial charge < -0.3 is 15.2 Å². The lowest BCUT2D eigenvalue weighted by atomic mass is 9.87. The van der Waals surface area contributed by atoms with Crippen LogP contribution in [-0.2, 0) is 22.6 Å². The van der Waals surface area contributed by atoms with Crippen LogP contribution in [0.1, 0.15) is 28.7 Å². The normalized spacial score (nSPS) is 22.2. The van der Waals surface area contributed by atoms with Gasteiger partial charge in [-0.05, 0) is 49.4 Å². The fourth-order valence-corrected chi connectivity index (χ4v) is 5.27. The zero-order valence-corrected chi connectivity index (χ0v) is 19.9. The van der Waals surface area contributed by atoms with Gasteiger partial charge in [-0.3, -0.25) is 14.6 Å². The van der Waals surface area contributed by atoms with Crippen molar-refractivity contribution in [3.05, 3.63) is 64.7 Å². The van der Waals surface area contributed by atoms with E-state index in [2.05, 4.69) is 47.2 Å². The van der Waals surface area contributed by atoms with E-state index in [1.807, 2.05) is 12.1 Å². The quantitative estimate of drug-likeness (QED) is 0.677. The zero-order valence-electron chi connectivity index (χ0n) is 19.9. The van der Waals surface area contributed by atoms with Gasteiger partial charge in [-0.25, -0.2) is 0 Å². The van der Waals surface area contributed by atoms with E-state index in [9.17, 15) is 9.90 Å². The van der Waals surface area contributed by atoms with Crippen LogP contribution in [0, 0.1) is 25.7 Å². The first-order valence-electron chi connectivity index (χ1n) is 12.1. The average Bonchev–Trinajstić information content (AvgIpc) is 2.79. The van der Waals surface area contributed by atoms with Crippen molar-refractivity contribution in [3.8, 4) is 5.75 Å². The minimum absolute atomic E-state index is 0.0205. The lowest BCUT2D eigenvalue weighted by Crippen LogP contribution is -2.49. The number of aryl methyl sites for hydroxylation is 2. The SMILES string of the molecule is Cc1cc(C)cc(CNC(=O)[C@@H]2C[C@H](CN3CCOCC3)CN(Cc3ccc(O)cc3)C2)c1. The van der Waals surface area contributed by atoms with E-state index in [1.165, 1.54) is 11.1 Å². The molecule has 1 amide bonds. The molecule has 0 saturated carbocycles. The maximum Gasteiger partial charge on any atom is 0.224 e. The van der Waals surface area contributed by atoms with E-state index in [-0.39, 0.29) is 17.6 Å². The van der Waals surface area contributed by atoms with Crippen molar-refractivity contribution in [1.82, 2.24) is 15.1 Å². The minimum atomic E-state index is -0.0205. The van der Waals surface area contributed by atoms with E-state index in [1.54, 1.807) is 12.1 Å². The van der Waals surface area contributed by atoms with Crippen LogP contribution in [0.5, 0.6) is 5.75 Å². The van der Waals surface area contributed by atoms with Gasteiger partial charge in [0.1, 0.15) is 5.75 Å². The first kappa shape index (κ1) is 23.7. The Kier molecular flexibility index (Phi) is 8.02. The summed E-state index contributed by atoms with van der Waals surface area (Å²) in [5, 5.41) is 12.8. The summed E-state index contributed by atoms with van der Waals surface area (Å²) in [4.78, 5) is 18.1. The molecule has 2 aromatic carbocycles. The fraction of sp³-hybridized carbons (Fsp3) is 0.519. The second-order valence-electron chi connectivity index (χ2n) is 9.79. The van der Waals surface area contributed by atoms with Crippen LogP contribution in [0.2, 0.25) is 0 Å². The van der Waals surface area contributed by atoms with E-state index >= 15 is 0 Å². The summed E-state index contributed by atoms with van der Waals surface area (Å²) in [5.74, 6) is 0.863. The number of likely N-dealkylation sites (tertiary alicyclic amines) is 1. The molecule has 0 spiro atoms. The number of nitrogens with zero attached hydrogens (tertiary/aromatic N) is 2. The van der Waals surface area contributed by atoms with Crippen molar-refractivity contribution in [2.75, 3.05) is 45.9 Å². The Bertz CT molecular complexity index is 904. The Balaban J connectivity index is 1.41. The highest BCUT2D eigenvalue weighted by molar-refractivity contribution is 5.79. The molecule has 0 bridgehead atoms. The predicted molar refractivity (Wildman–Crippen MR) is 130 cm³/mol. The molecule has 2 aromatic rings. The van der Waals surface area contributed by atoms with E-state index in [0.717, 1.165) is 70.0 Å². The largest absolute Gasteiger partial charge is 0.508 e. The number of carbonyl (C=O) groups is 1. The summed E-state index contributed by atoms with van der Waals surface area (Å²) < 4.78 is 5.51. The van der Waals surface area contributed by atoms with Gasteiger partial charge in [-0.2, -0.15) is 0 Å². The predicted octanol–water partition coefficient (Wildman–Crippen LogP) is 3.10. The second kappa shape index (κ2) is 11.1. The van der Waals surface area contributed by atoms with Crippen molar-refractivity contribution < 1.29 is 14.6 Å². The van der Waals surface area contributed by atoms with E-state index < -0.39 is 0 Å². The van der Waals surface area contributed by atoms with E-state index in [4.69, 9.17) is 4.74 Å². The lowest BCUT2D eigenvalue weighted by molar-refractivity contribution is -0.128. The summed E-state index contributed by atoms with van der Waals surface area (Å²) in [5.41, 5.74) is 4.77. The number of phenolic OH excluding ortho intramolecular Hbond substituents is 1. The number of benzene rings is 2. The second-order valence-corrected chi connectivity index (χ2v) is 9.79. The van der Waals surface area contributed by atoms with Gasteiger partial charge in [0.25, 0.3) is 0 Å². The number of piperidine rings is 1. The Hall–Kier alpha value is -2.41.